The second-order valence-electron chi connectivity index (χ2n) is 5.78. The number of benzene rings is 3. The summed E-state index contributed by atoms with van der Waals surface area (Å²) in [5.41, 5.74) is 1.93. The fourth-order valence-electron chi connectivity index (χ4n) is 2.51. The van der Waals surface area contributed by atoms with Crippen LogP contribution in [0.3, 0.4) is 0 Å². The van der Waals surface area contributed by atoms with Crippen molar-refractivity contribution in [1.29, 1.82) is 0 Å². The first-order chi connectivity index (χ1) is 12.3. The van der Waals surface area contributed by atoms with E-state index in [1.54, 1.807) is 0 Å². The van der Waals surface area contributed by atoms with E-state index in [1.807, 2.05) is 72.8 Å². The molecule has 3 aromatic carbocycles. The molecule has 0 radical (unpaired) electrons. The van der Waals surface area contributed by atoms with E-state index >= 15 is 0 Å². The Bertz CT molecular complexity index is 783. The molecule has 0 saturated carbocycles. The predicted molar refractivity (Wildman–Crippen MR) is 100 cm³/mol. The summed E-state index contributed by atoms with van der Waals surface area (Å²) in [5.74, 6) is 1.64. The van der Waals surface area contributed by atoms with Gasteiger partial charge in [0.05, 0.1) is 0 Å². The maximum atomic E-state index is 12.2. The standard InChI is InChI=1S/C22H21NO2/c24-22(15-16-23-17-18-7-3-1-4-8-18)19-11-13-21(14-12-19)25-20-9-5-2-6-10-20/h1-14,23H,15-17H2. The topological polar surface area (TPSA) is 38.3 Å². The van der Waals surface area contributed by atoms with Gasteiger partial charge in [0.15, 0.2) is 5.78 Å². The van der Waals surface area contributed by atoms with Crippen molar-refractivity contribution in [2.75, 3.05) is 6.54 Å². The number of carbonyl (C=O) groups excluding carboxylic acids is 1. The van der Waals surface area contributed by atoms with E-state index in [0.717, 1.165) is 18.0 Å². The summed E-state index contributed by atoms with van der Waals surface area (Å²) in [6.07, 6.45) is 0.478. The quantitative estimate of drug-likeness (QED) is 0.474. The third-order valence-corrected chi connectivity index (χ3v) is 3.86. The molecule has 3 heteroatoms. The summed E-state index contributed by atoms with van der Waals surface area (Å²) in [6, 6.07) is 27.1. The minimum absolute atomic E-state index is 0.131. The summed E-state index contributed by atoms with van der Waals surface area (Å²) in [6.45, 7) is 1.44. The van der Waals surface area contributed by atoms with Crippen molar-refractivity contribution in [3.05, 3.63) is 96.1 Å². The Hall–Kier alpha value is -2.91. The van der Waals surface area contributed by atoms with E-state index in [1.165, 1.54) is 5.56 Å². The van der Waals surface area contributed by atoms with Crippen LogP contribution in [0.25, 0.3) is 0 Å². The lowest BCUT2D eigenvalue weighted by Gasteiger charge is -2.07. The number of nitrogens with one attached hydrogen (secondary N) is 1. The van der Waals surface area contributed by atoms with Gasteiger partial charge in [-0.05, 0) is 42.0 Å². The molecule has 0 heterocycles. The van der Waals surface area contributed by atoms with Gasteiger partial charge in [0.25, 0.3) is 0 Å². The van der Waals surface area contributed by atoms with Gasteiger partial charge in [-0.2, -0.15) is 0 Å². The first-order valence-electron chi connectivity index (χ1n) is 8.42. The Morgan fingerprint density at radius 2 is 1.36 bits per heavy atom. The van der Waals surface area contributed by atoms with Gasteiger partial charge in [-0.25, -0.2) is 0 Å². The molecule has 3 rings (SSSR count). The van der Waals surface area contributed by atoms with Crippen LogP contribution in [0.2, 0.25) is 0 Å². The van der Waals surface area contributed by atoms with Crippen molar-refractivity contribution in [3.63, 3.8) is 0 Å². The number of ketones is 1. The zero-order valence-corrected chi connectivity index (χ0v) is 14.0. The van der Waals surface area contributed by atoms with E-state index < -0.39 is 0 Å². The van der Waals surface area contributed by atoms with Gasteiger partial charge in [0.1, 0.15) is 11.5 Å². The fourth-order valence-corrected chi connectivity index (χ4v) is 2.51. The van der Waals surface area contributed by atoms with Crippen molar-refractivity contribution >= 4 is 5.78 Å². The molecule has 3 aromatic rings. The molecule has 0 amide bonds. The number of Topliss-reactive ketones (excluding diaryl/α,β-unsaturated/α-hetero) is 1. The monoisotopic (exact) mass is 331 g/mol. The zero-order valence-electron chi connectivity index (χ0n) is 14.0. The summed E-state index contributed by atoms with van der Waals surface area (Å²) in [4.78, 5) is 12.2. The molecule has 0 fully saturated rings. The van der Waals surface area contributed by atoms with Crippen LogP contribution < -0.4 is 10.1 Å². The molecule has 0 unspecified atom stereocenters. The summed E-state index contributed by atoms with van der Waals surface area (Å²) in [5, 5.41) is 3.30. The Morgan fingerprint density at radius 1 is 0.760 bits per heavy atom. The Balaban J connectivity index is 1.46. The van der Waals surface area contributed by atoms with Crippen LogP contribution in [0.5, 0.6) is 11.5 Å². The average molecular weight is 331 g/mol. The van der Waals surface area contributed by atoms with E-state index in [-0.39, 0.29) is 5.78 Å². The maximum Gasteiger partial charge on any atom is 0.164 e. The van der Waals surface area contributed by atoms with Crippen molar-refractivity contribution in [2.45, 2.75) is 13.0 Å². The molecule has 126 valence electrons. The number of hydrogen-bond donors (Lipinski definition) is 1. The molecule has 0 spiro atoms. The van der Waals surface area contributed by atoms with E-state index in [9.17, 15) is 4.79 Å². The molecule has 0 aliphatic heterocycles. The molecular weight excluding hydrogens is 310 g/mol. The largest absolute Gasteiger partial charge is 0.457 e. The van der Waals surface area contributed by atoms with Crippen LogP contribution in [0.4, 0.5) is 0 Å². The Kier molecular flexibility index (Phi) is 5.96. The summed E-state index contributed by atoms with van der Waals surface area (Å²) in [7, 11) is 0. The predicted octanol–water partition coefficient (Wildman–Crippen LogP) is 4.84. The van der Waals surface area contributed by atoms with Crippen LogP contribution in [0, 0.1) is 0 Å². The lowest BCUT2D eigenvalue weighted by Crippen LogP contribution is -2.17. The first-order valence-corrected chi connectivity index (χ1v) is 8.42. The number of rotatable bonds is 8. The molecule has 0 atom stereocenters. The highest BCUT2D eigenvalue weighted by Gasteiger charge is 2.06. The van der Waals surface area contributed by atoms with Crippen molar-refractivity contribution in [3.8, 4) is 11.5 Å². The highest BCUT2D eigenvalue weighted by molar-refractivity contribution is 5.96. The molecular formula is C22H21NO2. The summed E-state index contributed by atoms with van der Waals surface area (Å²) < 4.78 is 5.74. The number of hydrogen-bond acceptors (Lipinski definition) is 3. The molecule has 0 saturated heterocycles. The van der Waals surface area contributed by atoms with Crippen LogP contribution in [0.1, 0.15) is 22.3 Å². The Labute approximate surface area is 148 Å². The molecule has 0 bridgehead atoms. The minimum atomic E-state index is 0.131. The second kappa shape index (κ2) is 8.81. The van der Waals surface area contributed by atoms with Crippen LogP contribution in [-0.2, 0) is 6.54 Å². The van der Waals surface area contributed by atoms with Crippen LogP contribution in [0.15, 0.2) is 84.9 Å². The normalized spacial score (nSPS) is 10.4. The second-order valence-corrected chi connectivity index (χ2v) is 5.78. The zero-order chi connectivity index (χ0) is 17.3. The van der Waals surface area contributed by atoms with Crippen LogP contribution >= 0.6 is 0 Å². The molecule has 0 aromatic heterocycles. The average Bonchev–Trinajstić information content (AvgIpc) is 2.67. The van der Waals surface area contributed by atoms with Crippen molar-refractivity contribution in [2.24, 2.45) is 0 Å². The fraction of sp³-hybridized carbons (Fsp3) is 0.136. The molecule has 3 nitrogen and oxygen atoms in total. The van der Waals surface area contributed by atoms with E-state index in [2.05, 4.69) is 17.4 Å². The van der Waals surface area contributed by atoms with Crippen molar-refractivity contribution in [1.82, 2.24) is 5.32 Å². The van der Waals surface area contributed by atoms with Gasteiger partial charge >= 0.3 is 0 Å². The van der Waals surface area contributed by atoms with E-state index in [4.69, 9.17) is 4.74 Å². The first kappa shape index (κ1) is 16.9. The van der Waals surface area contributed by atoms with Crippen LogP contribution in [-0.4, -0.2) is 12.3 Å². The molecule has 0 aliphatic rings. The van der Waals surface area contributed by atoms with Gasteiger partial charge < -0.3 is 10.1 Å². The van der Waals surface area contributed by atoms with Gasteiger partial charge in [-0.3, -0.25) is 4.79 Å². The highest BCUT2D eigenvalue weighted by atomic mass is 16.5. The lowest BCUT2D eigenvalue weighted by molar-refractivity contribution is 0.0982. The third kappa shape index (κ3) is 5.30. The van der Waals surface area contributed by atoms with Gasteiger partial charge in [-0.1, -0.05) is 48.5 Å². The Morgan fingerprint density at radius 3 is 2.04 bits per heavy atom. The van der Waals surface area contributed by atoms with Gasteiger partial charge in [0.2, 0.25) is 0 Å². The number of ether oxygens (including phenoxy) is 1. The van der Waals surface area contributed by atoms with Crippen molar-refractivity contribution < 1.29 is 9.53 Å². The van der Waals surface area contributed by atoms with Gasteiger partial charge in [0, 0.05) is 25.1 Å². The van der Waals surface area contributed by atoms with E-state index in [0.29, 0.717) is 18.5 Å². The minimum Gasteiger partial charge on any atom is -0.457 e. The number of carbonyl (C=O) groups is 1. The molecule has 0 aliphatic carbocycles. The lowest BCUT2D eigenvalue weighted by atomic mass is 10.1. The molecule has 25 heavy (non-hydrogen) atoms. The summed E-state index contributed by atoms with van der Waals surface area (Å²) >= 11 is 0. The maximum absolute atomic E-state index is 12.2. The number of para-hydroxylation sites is 1. The third-order valence-electron chi connectivity index (χ3n) is 3.86. The SMILES string of the molecule is O=C(CCNCc1ccccc1)c1ccc(Oc2ccccc2)cc1. The van der Waals surface area contributed by atoms with Gasteiger partial charge in [-0.15, -0.1) is 0 Å². The highest BCUT2D eigenvalue weighted by Crippen LogP contribution is 2.21. The molecule has 1 N–H and O–H groups in total. The smallest absolute Gasteiger partial charge is 0.164 e.